The minimum Gasteiger partial charge on any atom is -0.394 e. The second-order valence-electron chi connectivity index (χ2n) is 4.71. The summed E-state index contributed by atoms with van der Waals surface area (Å²) in [6.07, 6.45) is 0.742. The Hall–Kier alpha value is -1.62. The lowest BCUT2D eigenvalue weighted by Crippen LogP contribution is -2.08. The molecule has 0 fully saturated rings. The average molecular weight is 299 g/mol. The molecule has 0 saturated heterocycles. The molecule has 0 spiro atoms. The fourth-order valence-electron chi connectivity index (χ4n) is 2.28. The van der Waals surface area contributed by atoms with E-state index >= 15 is 0 Å². The van der Waals surface area contributed by atoms with Crippen LogP contribution in [-0.2, 0) is 4.74 Å². The van der Waals surface area contributed by atoms with Crippen molar-refractivity contribution in [2.75, 3.05) is 19.8 Å². The van der Waals surface area contributed by atoms with Gasteiger partial charge in [0.2, 0.25) is 0 Å². The molecule has 0 amide bonds. The Morgan fingerprint density at radius 3 is 2.57 bits per heavy atom. The molecule has 1 aliphatic heterocycles. The zero-order chi connectivity index (χ0) is 14.5. The fourth-order valence-corrected chi connectivity index (χ4v) is 3.32. The van der Waals surface area contributed by atoms with E-state index in [1.54, 1.807) is 11.8 Å². The van der Waals surface area contributed by atoms with Crippen molar-refractivity contribution in [2.24, 2.45) is 4.99 Å². The van der Waals surface area contributed by atoms with Gasteiger partial charge in [-0.15, -0.1) is 0 Å². The molecular formula is C17H17NO2S. The number of aliphatic imine (C=N–C) groups is 1. The van der Waals surface area contributed by atoms with Gasteiger partial charge < -0.3 is 9.84 Å². The quantitative estimate of drug-likeness (QED) is 0.857. The first-order chi connectivity index (χ1) is 10.4. The van der Waals surface area contributed by atoms with Crippen molar-refractivity contribution in [1.82, 2.24) is 0 Å². The van der Waals surface area contributed by atoms with Crippen LogP contribution in [0.2, 0.25) is 0 Å². The standard InChI is InChI=1S/C17H17NO2S/c19-10-12-20-11-9-14-13-5-1-3-7-16(13)21-17-8-4-2-6-15(17)18-14/h1-8,19H,9-12H2. The lowest BCUT2D eigenvalue weighted by Gasteiger charge is -2.08. The summed E-state index contributed by atoms with van der Waals surface area (Å²) in [5, 5.41) is 8.78. The van der Waals surface area contributed by atoms with Crippen molar-refractivity contribution >= 4 is 23.2 Å². The highest BCUT2D eigenvalue weighted by Gasteiger charge is 2.16. The van der Waals surface area contributed by atoms with E-state index in [2.05, 4.69) is 24.3 Å². The van der Waals surface area contributed by atoms with Crippen LogP contribution in [-0.4, -0.2) is 30.6 Å². The number of para-hydroxylation sites is 1. The number of fused-ring (bicyclic) bond motifs is 2. The Morgan fingerprint density at radius 2 is 1.71 bits per heavy atom. The van der Waals surface area contributed by atoms with Gasteiger partial charge in [0.05, 0.1) is 31.2 Å². The van der Waals surface area contributed by atoms with Crippen LogP contribution in [0.4, 0.5) is 5.69 Å². The van der Waals surface area contributed by atoms with Gasteiger partial charge in [-0.2, -0.15) is 0 Å². The highest BCUT2D eigenvalue weighted by molar-refractivity contribution is 7.99. The van der Waals surface area contributed by atoms with Gasteiger partial charge in [0, 0.05) is 21.8 Å². The third-order valence-electron chi connectivity index (χ3n) is 3.26. The number of aliphatic hydroxyl groups is 1. The number of hydrogen-bond donors (Lipinski definition) is 1. The van der Waals surface area contributed by atoms with Gasteiger partial charge in [-0.3, -0.25) is 4.99 Å². The first-order valence-electron chi connectivity index (χ1n) is 7.01. The zero-order valence-electron chi connectivity index (χ0n) is 11.7. The third-order valence-corrected chi connectivity index (χ3v) is 4.40. The van der Waals surface area contributed by atoms with Gasteiger partial charge in [0.15, 0.2) is 0 Å². The summed E-state index contributed by atoms with van der Waals surface area (Å²) in [6.45, 7) is 1.00. The van der Waals surface area contributed by atoms with Crippen LogP contribution >= 0.6 is 11.8 Å². The van der Waals surface area contributed by atoms with E-state index < -0.39 is 0 Å². The van der Waals surface area contributed by atoms with Crippen LogP contribution in [0.15, 0.2) is 63.3 Å². The summed E-state index contributed by atoms with van der Waals surface area (Å²) >= 11 is 1.76. The summed E-state index contributed by atoms with van der Waals surface area (Å²) in [4.78, 5) is 7.23. The summed E-state index contributed by atoms with van der Waals surface area (Å²) in [6, 6.07) is 16.5. The Labute approximate surface area is 128 Å². The molecule has 0 atom stereocenters. The number of rotatable bonds is 5. The number of nitrogens with zero attached hydrogens (tertiary/aromatic N) is 1. The van der Waals surface area contributed by atoms with Gasteiger partial charge in [0.1, 0.15) is 0 Å². The molecule has 2 aromatic carbocycles. The molecule has 0 aromatic heterocycles. The summed E-state index contributed by atoms with van der Waals surface area (Å²) in [5.74, 6) is 0. The third kappa shape index (κ3) is 3.35. The van der Waals surface area contributed by atoms with Crippen molar-refractivity contribution in [3.8, 4) is 0 Å². The number of aliphatic hydroxyl groups excluding tert-OH is 1. The number of hydrogen-bond acceptors (Lipinski definition) is 4. The molecule has 0 unspecified atom stereocenters. The Morgan fingerprint density at radius 1 is 0.952 bits per heavy atom. The Bertz CT molecular complexity index is 655. The van der Waals surface area contributed by atoms with Crippen LogP contribution < -0.4 is 0 Å². The summed E-state index contributed by atoms with van der Waals surface area (Å²) in [5.41, 5.74) is 3.23. The summed E-state index contributed by atoms with van der Waals surface area (Å²) < 4.78 is 5.39. The van der Waals surface area contributed by atoms with Crippen molar-refractivity contribution in [2.45, 2.75) is 16.2 Å². The smallest absolute Gasteiger partial charge is 0.0772 e. The van der Waals surface area contributed by atoms with E-state index in [-0.39, 0.29) is 6.61 Å². The van der Waals surface area contributed by atoms with E-state index in [1.807, 2.05) is 24.3 Å². The minimum atomic E-state index is 0.0573. The summed E-state index contributed by atoms with van der Waals surface area (Å²) in [7, 11) is 0. The average Bonchev–Trinajstić information content (AvgIpc) is 2.68. The van der Waals surface area contributed by atoms with Crippen LogP contribution in [0.3, 0.4) is 0 Å². The molecule has 0 aliphatic carbocycles. The highest BCUT2D eigenvalue weighted by atomic mass is 32.2. The molecule has 1 N–H and O–H groups in total. The van der Waals surface area contributed by atoms with Gasteiger partial charge >= 0.3 is 0 Å². The van der Waals surface area contributed by atoms with Crippen molar-refractivity contribution in [3.63, 3.8) is 0 Å². The van der Waals surface area contributed by atoms with Crippen LogP contribution in [0.25, 0.3) is 0 Å². The maximum absolute atomic E-state index is 8.78. The monoisotopic (exact) mass is 299 g/mol. The van der Waals surface area contributed by atoms with Crippen molar-refractivity contribution < 1.29 is 9.84 Å². The van der Waals surface area contributed by atoms with E-state index in [4.69, 9.17) is 14.8 Å². The molecule has 21 heavy (non-hydrogen) atoms. The second-order valence-corrected chi connectivity index (χ2v) is 5.79. The maximum atomic E-state index is 8.78. The van der Waals surface area contributed by atoms with Crippen LogP contribution in [0.5, 0.6) is 0 Å². The predicted molar refractivity (Wildman–Crippen MR) is 85.7 cm³/mol. The Kier molecular flexibility index (Phi) is 4.70. The normalized spacial score (nSPS) is 13.1. The van der Waals surface area contributed by atoms with E-state index in [1.165, 1.54) is 15.4 Å². The van der Waals surface area contributed by atoms with E-state index in [9.17, 15) is 0 Å². The molecule has 0 bridgehead atoms. The highest BCUT2D eigenvalue weighted by Crippen LogP contribution is 2.40. The molecule has 1 heterocycles. The van der Waals surface area contributed by atoms with Crippen molar-refractivity contribution in [1.29, 1.82) is 0 Å². The van der Waals surface area contributed by atoms with E-state index in [0.717, 1.165) is 17.8 Å². The van der Waals surface area contributed by atoms with Gasteiger partial charge in [-0.1, -0.05) is 42.1 Å². The largest absolute Gasteiger partial charge is 0.394 e. The van der Waals surface area contributed by atoms with E-state index in [0.29, 0.717) is 13.2 Å². The van der Waals surface area contributed by atoms with Crippen molar-refractivity contribution in [3.05, 3.63) is 54.1 Å². The lowest BCUT2D eigenvalue weighted by molar-refractivity contribution is 0.0972. The number of benzene rings is 2. The molecule has 3 nitrogen and oxygen atoms in total. The molecule has 108 valence electrons. The molecule has 3 rings (SSSR count). The SMILES string of the molecule is OCCOCCC1=Nc2ccccc2Sc2ccccc21. The van der Waals surface area contributed by atoms with Crippen LogP contribution in [0, 0.1) is 0 Å². The van der Waals surface area contributed by atoms with Crippen LogP contribution in [0.1, 0.15) is 12.0 Å². The first kappa shape index (κ1) is 14.3. The molecule has 0 saturated carbocycles. The minimum absolute atomic E-state index is 0.0573. The predicted octanol–water partition coefficient (Wildman–Crippen LogP) is 3.67. The first-order valence-corrected chi connectivity index (χ1v) is 7.82. The second kappa shape index (κ2) is 6.89. The molecule has 4 heteroatoms. The molecule has 2 aromatic rings. The topological polar surface area (TPSA) is 41.8 Å². The molecular weight excluding hydrogens is 282 g/mol. The fraction of sp³-hybridized carbons (Fsp3) is 0.235. The zero-order valence-corrected chi connectivity index (χ0v) is 12.5. The molecule has 0 radical (unpaired) electrons. The maximum Gasteiger partial charge on any atom is 0.0772 e. The lowest BCUT2D eigenvalue weighted by atomic mass is 10.1. The molecule has 1 aliphatic rings. The van der Waals surface area contributed by atoms with Gasteiger partial charge in [0.25, 0.3) is 0 Å². The van der Waals surface area contributed by atoms with Gasteiger partial charge in [-0.05, 0) is 18.2 Å². The number of ether oxygens (including phenoxy) is 1. The Balaban J connectivity index is 1.93. The van der Waals surface area contributed by atoms with Gasteiger partial charge in [-0.25, -0.2) is 0 Å².